The molecule has 2 aromatic rings. The predicted molar refractivity (Wildman–Crippen MR) is 127 cm³/mol. The summed E-state index contributed by atoms with van der Waals surface area (Å²) in [5.41, 5.74) is 3.12. The average molecular weight is 485 g/mol. The average Bonchev–Trinajstić information content (AvgIpc) is 2.79. The Morgan fingerprint density at radius 1 is 1.24 bits per heavy atom. The van der Waals surface area contributed by atoms with Crippen molar-refractivity contribution in [2.24, 2.45) is 22.4 Å². The van der Waals surface area contributed by atoms with Crippen molar-refractivity contribution in [3.8, 4) is 0 Å². The molecule has 0 saturated heterocycles. The van der Waals surface area contributed by atoms with Crippen molar-refractivity contribution in [2.45, 2.75) is 31.6 Å². The summed E-state index contributed by atoms with van der Waals surface area (Å²) >= 11 is 0. The van der Waals surface area contributed by atoms with E-state index in [-0.39, 0.29) is 27.2 Å². The minimum Gasteiger partial charge on any atom is -0.478 e. The molecule has 5 rings (SSSR count). The van der Waals surface area contributed by atoms with Gasteiger partial charge in [0.05, 0.1) is 27.3 Å². The van der Waals surface area contributed by atoms with Crippen LogP contribution in [0.5, 0.6) is 0 Å². The minimum absolute atomic E-state index is 0.0355. The molecular weight excluding hydrogens is 460 g/mol. The number of nitro benzene ring substituents is 1. The SMILES string of the molecule is CC1(C)[C@@H]2CC=C(/C=N/Nc3ccc(S(=O)(=O)Nc4ccccc4C(=O)O)cc3[N+](=O)[O-])[C@H]1C2. The van der Waals surface area contributed by atoms with Crippen LogP contribution in [0, 0.1) is 27.4 Å². The number of nitrogens with one attached hydrogen (secondary N) is 2. The van der Waals surface area contributed by atoms with E-state index < -0.39 is 26.6 Å². The van der Waals surface area contributed by atoms with Crippen molar-refractivity contribution >= 4 is 39.3 Å². The van der Waals surface area contributed by atoms with Crippen molar-refractivity contribution in [3.05, 3.63) is 69.8 Å². The Bertz CT molecular complexity index is 1330. The van der Waals surface area contributed by atoms with E-state index >= 15 is 0 Å². The fourth-order valence-corrected chi connectivity index (χ4v) is 5.71. The van der Waals surface area contributed by atoms with E-state index in [0.717, 1.165) is 24.5 Å². The zero-order valence-corrected chi connectivity index (χ0v) is 19.4. The summed E-state index contributed by atoms with van der Waals surface area (Å²) < 4.78 is 27.8. The quantitative estimate of drug-likeness (QED) is 0.284. The molecule has 0 aliphatic heterocycles. The van der Waals surface area contributed by atoms with Crippen LogP contribution in [0.3, 0.4) is 0 Å². The highest BCUT2D eigenvalue weighted by molar-refractivity contribution is 7.92. The highest BCUT2D eigenvalue weighted by Crippen LogP contribution is 2.58. The van der Waals surface area contributed by atoms with Crippen LogP contribution in [-0.4, -0.2) is 30.6 Å². The summed E-state index contributed by atoms with van der Waals surface area (Å²) in [6.07, 6.45) is 5.89. The number of sulfonamides is 1. The second kappa shape index (κ2) is 8.56. The molecule has 3 aliphatic carbocycles. The van der Waals surface area contributed by atoms with E-state index in [9.17, 15) is 28.4 Å². The van der Waals surface area contributed by atoms with Gasteiger partial charge < -0.3 is 5.11 Å². The largest absolute Gasteiger partial charge is 0.478 e. The van der Waals surface area contributed by atoms with Gasteiger partial charge >= 0.3 is 5.97 Å². The van der Waals surface area contributed by atoms with Gasteiger partial charge in [-0.1, -0.05) is 32.1 Å². The molecule has 11 heteroatoms. The predicted octanol–water partition coefficient (Wildman–Crippen LogP) is 4.48. The van der Waals surface area contributed by atoms with Gasteiger partial charge in [0.1, 0.15) is 5.69 Å². The molecule has 2 atom stereocenters. The Morgan fingerprint density at radius 3 is 2.62 bits per heavy atom. The number of benzene rings is 2. The molecule has 3 aliphatic rings. The standard InChI is InChI=1S/C23H24N4O6S/c1-23(2)15-8-7-14(18(23)11-15)13-24-25-20-10-9-16(12-21(20)27(30)31)34(32,33)26-19-6-4-3-5-17(19)22(28)29/h3-7,9-10,12-13,15,18,25-26H,8,11H2,1-2H3,(H,28,29)/b24-13+/t15-,18-/m1/s1. The van der Waals surface area contributed by atoms with Crippen LogP contribution >= 0.6 is 0 Å². The lowest BCUT2D eigenvalue weighted by atomic mass is 9.49. The third-order valence-corrected chi connectivity index (χ3v) is 8.15. The lowest BCUT2D eigenvalue weighted by Crippen LogP contribution is -2.48. The number of rotatable bonds is 8. The number of para-hydroxylation sites is 1. The number of anilines is 2. The number of carboxylic acids is 1. The summed E-state index contributed by atoms with van der Waals surface area (Å²) in [5, 5.41) is 25.0. The highest BCUT2D eigenvalue weighted by atomic mass is 32.2. The van der Waals surface area contributed by atoms with Gasteiger partial charge in [0.15, 0.2) is 0 Å². The molecule has 1 fully saturated rings. The molecule has 0 heterocycles. The zero-order chi connectivity index (χ0) is 24.7. The van der Waals surface area contributed by atoms with Gasteiger partial charge in [-0.05, 0) is 59.9 Å². The first-order chi connectivity index (χ1) is 16.0. The number of fused-ring (bicyclic) bond motifs is 1. The van der Waals surface area contributed by atoms with Gasteiger partial charge in [-0.15, -0.1) is 0 Å². The van der Waals surface area contributed by atoms with E-state index in [0.29, 0.717) is 11.8 Å². The summed E-state index contributed by atoms with van der Waals surface area (Å²) in [5.74, 6) is -0.232. The van der Waals surface area contributed by atoms with Gasteiger partial charge in [0.25, 0.3) is 15.7 Å². The van der Waals surface area contributed by atoms with Gasteiger partial charge in [0, 0.05) is 6.07 Å². The van der Waals surface area contributed by atoms with Gasteiger partial charge in [-0.3, -0.25) is 20.3 Å². The first-order valence-electron chi connectivity index (χ1n) is 10.6. The Morgan fingerprint density at radius 2 is 1.97 bits per heavy atom. The van der Waals surface area contributed by atoms with Crippen LogP contribution in [0.25, 0.3) is 0 Å². The Labute approximate surface area is 196 Å². The molecule has 3 N–H and O–H groups in total. The van der Waals surface area contributed by atoms with Crippen LogP contribution < -0.4 is 10.1 Å². The normalized spacial score (nSPS) is 20.8. The molecule has 34 heavy (non-hydrogen) atoms. The number of nitro groups is 1. The van der Waals surface area contributed by atoms with E-state index in [2.05, 4.69) is 35.2 Å². The first kappa shape index (κ1) is 23.4. The van der Waals surface area contributed by atoms with Crippen LogP contribution in [0.15, 0.2) is 64.1 Å². The molecular formula is C23H24N4O6S. The number of nitrogens with zero attached hydrogens (tertiary/aromatic N) is 2. The minimum atomic E-state index is -4.29. The van der Waals surface area contributed by atoms with Crippen LogP contribution in [0.1, 0.15) is 37.0 Å². The molecule has 0 spiro atoms. The van der Waals surface area contributed by atoms with Crippen LogP contribution in [0.4, 0.5) is 17.1 Å². The van der Waals surface area contributed by atoms with Crippen molar-refractivity contribution in [1.29, 1.82) is 0 Å². The molecule has 2 aromatic carbocycles. The van der Waals surface area contributed by atoms with Gasteiger partial charge in [-0.2, -0.15) is 5.10 Å². The number of hydrogen-bond acceptors (Lipinski definition) is 7. The number of carboxylic acid groups (broad SMARTS) is 1. The molecule has 0 aromatic heterocycles. The van der Waals surface area contributed by atoms with Crippen molar-refractivity contribution in [2.75, 3.05) is 10.1 Å². The van der Waals surface area contributed by atoms with E-state index in [1.165, 1.54) is 36.4 Å². The Balaban J connectivity index is 1.55. The van der Waals surface area contributed by atoms with Crippen LogP contribution in [-0.2, 0) is 10.0 Å². The van der Waals surface area contributed by atoms with Gasteiger partial charge in [-0.25, -0.2) is 13.2 Å². The summed E-state index contributed by atoms with van der Waals surface area (Å²) in [4.78, 5) is 21.9. The van der Waals surface area contributed by atoms with Gasteiger partial charge in [0.2, 0.25) is 0 Å². The summed E-state index contributed by atoms with van der Waals surface area (Å²) in [7, 11) is -4.29. The highest BCUT2D eigenvalue weighted by Gasteiger charge is 2.50. The third-order valence-electron chi connectivity index (χ3n) is 6.79. The molecule has 0 unspecified atom stereocenters. The second-order valence-corrected chi connectivity index (χ2v) is 10.7. The maximum atomic E-state index is 12.8. The molecule has 10 nitrogen and oxygen atoms in total. The summed E-state index contributed by atoms with van der Waals surface area (Å²) in [6, 6.07) is 8.84. The molecule has 0 radical (unpaired) electrons. The molecule has 1 saturated carbocycles. The topological polar surface area (TPSA) is 151 Å². The maximum Gasteiger partial charge on any atom is 0.337 e. The first-order valence-corrected chi connectivity index (χ1v) is 12.1. The number of aromatic carboxylic acids is 1. The fourth-order valence-electron chi connectivity index (χ4n) is 4.61. The fraction of sp³-hybridized carbons (Fsp3) is 0.304. The second-order valence-electron chi connectivity index (χ2n) is 9.01. The number of carbonyl (C=O) groups is 1. The molecule has 2 bridgehead atoms. The smallest absolute Gasteiger partial charge is 0.337 e. The molecule has 178 valence electrons. The lowest BCUT2D eigenvalue weighted by molar-refractivity contribution is -0.384. The van der Waals surface area contributed by atoms with Crippen molar-refractivity contribution in [1.82, 2.24) is 0 Å². The van der Waals surface area contributed by atoms with Crippen LogP contribution in [0.2, 0.25) is 0 Å². The lowest BCUT2D eigenvalue weighted by Gasteiger charge is -2.55. The monoisotopic (exact) mass is 484 g/mol. The van der Waals surface area contributed by atoms with E-state index in [4.69, 9.17) is 0 Å². The number of hydrazone groups is 1. The molecule has 0 amide bonds. The van der Waals surface area contributed by atoms with Crippen molar-refractivity contribution in [3.63, 3.8) is 0 Å². The number of allylic oxidation sites excluding steroid dienone is 2. The zero-order valence-electron chi connectivity index (χ0n) is 18.6. The van der Waals surface area contributed by atoms with E-state index in [1.807, 2.05) is 0 Å². The van der Waals surface area contributed by atoms with E-state index in [1.54, 1.807) is 6.21 Å². The third kappa shape index (κ3) is 4.26. The van der Waals surface area contributed by atoms with Crippen molar-refractivity contribution < 1.29 is 23.2 Å². The Hall–Kier alpha value is -3.73. The number of hydrogen-bond donors (Lipinski definition) is 3. The Kier molecular flexibility index (Phi) is 5.90. The summed E-state index contributed by atoms with van der Waals surface area (Å²) in [6.45, 7) is 4.46. The maximum absolute atomic E-state index is 12.8.